The maximum atomic E-state index is 2.60. The molecule has 15 heavy (non-hydrogen) atoms. The Morgan fingerprint density at radius 3 is 2.33 bits per heavy atom. The van der Waals surface area contributed by atoms with E-state index in [2.05, 4.69) is 36.1 Å². The Hall–Kier alpha value is -0.820. The average molecular weight is 203 g/mol. The van der Waals surface area contributed by atoms with Gasteiger partial charge in [0.1, 0.15) is 0 Å². The standard InChI is InChI=1S/C14H21N/c1-2-13-8-4-5-9-14(13)12-15-10-6-3-7-11-15/h4-5,8-9H,2-3,6-7,10-12H2,1H3. The zero-order valence-electron chi connectivity index (χ0n) is 9.71. The SMILES string of the molecule is CCc1ccccc1CN1CCCCC1. The smallest absolute Gasteiger partial charge is 0.0236 e. The summed E-state index contributed by atoms with van der Waals surface area (Å²) in [6, 6.07) is 8.86. The molecule has 0 unspecified atom stereocenters. The molecule has 1 nitrogen and oxygen atoms in total. The molecule has 0 aromatic heterocycles. The van der Waals surface area contributed by atoms with E-state index in [4.69, 9.17) is 0 Å². The fourth-order valence-corrected chi connectivity index (χ4v) is 2.42. The first kappa shape index (κ1) is 10.7. The van der Waals surface area contributed by atoms with E-state index < -0.39 is 0 Å². The third-order valence-electron chi connectivity index (χ3n) is 3.34. The summed E-state index contributed by atoms with van der Waals surface area (Å²) in [4.78, 5) is 2.60. The summed E-state index contributed by atoms with van der Waals surface area (Å²) < 4.78 is 0. The van der Waals surface area contributed by atoms with Crippen molar-refractivity contribution in [3.8, 4) is 0 Å². The normalized spacial score (nSPS) is 17.9. The van der Waals surface area contributed by atoms with Crippen LogP contribution >= 0.6 is 0 Å². The van der Waals surface area contributed by atoms with E-state index in [1.54, 1.807) is 0 Å². The Bertz CT molecular complexity index is 300. The van der Waals surface area contributed by atoms with Crippen LogP contribution < -0.4 is 0 Å². The van der Waals surface area contributed by atoms with Crippen LogP contribution in [0, 0.1) is 0 Å². The minimum absolute atomic E-state index is 1.16. The molecular formula is C14H21N. The molecule has 1 aromatic rings. The number of hydrogen-bond acceptors (Lipinski definition) is 1. The fraction of sp³-hybridized carbons (Fsp3) is 0.571. The van der Waals surface area contributed by atoms with Crippen molar-refractivity contribution in [3.05, 3.63) is 35.4 Å². The van der Waals surface area contributed by atoms with Gasteiger partial charge in [0.2, 0.25) is 0 Å². The molecule has 0 atom stereocenters. The summed E-state index contributed by atoms with van der Waals surface area (Å²) in [6.07, 6.45) is 5.35. The summed E-state index contributed by atoms with van der Waals surface area (Å²) in [5.74, 6) is 0. The van der Waals surface area contributed by atoms with Gasteiger partial charge in [-0.25, -0.2) is 0 Å². The summed E-state index contributed by atoms with van der Waals surface area (Å²) in [5.41, 5.74) is 3.05. The maximum Gasteiger partial charge on any atom is 0.0236 e. The van der Waals surface area contributed by atoms with Crippen LogP contribution in [0.5, 0.6) is 0 Å². The van der Waals surface area contributed by atoms with E-state index in [9.17, 15) is 0 Å². The van der Waals surface area contributed by atoms with E-state index in [1.165, 1.54) is 43.5 Å². The van der Waals surface area contributed by atoms with E-state index in [-0.39, 0.29) is 0 Å². The van der Waals surface area contributed by atoms with E-state index >= 15 is 0 Å². The van der Waals surface area contributed by atoms with Gasteiger partial charge in [-0.2, -0.15) is 0 Å². The second kappa shape index (κ2) is 5.32. The molecule has 1 saturated heterocycles. The predicted molar refractivity (Wildman–Crippen MR) is 64.9 cm³/mol. The first-order valence-electron chi connectivity index (χ1n) is 6.19. The second-order valence-corrected chi connectivity index (χ2v) is 4.46. The number of benzene rings is 1. The van der Waals surface area contributed by atoms with Gasteiger partial charge in [-0.05, 0) is 43.5 Å². The molecule has 0 bridgehead atoms. The molecule has 1 heterocycles. The molecule has 0 amide bonds. The summed E-state index contributed by atoms with van der Waals surface area (Å²) in [5, 5.41) is 0. The van der Waals surface area contributed by atoms with Crippen molar-refractivity contribution in [1.82, 2.24) is 4.90 Å². The molecule has 0 aliphatic carbocycles. The summed E-state index contributed by atoms with van der Waals surface area (Å²) in [7, 11) is 0. The third-order valence-corrected chi connectivity index (χ3v) is 3.34. The zero-order valence-corrected chi connectivity index (χ0v) is 9.71. The Kier molecular flexibility index (Phi) is 3.79. The van der Waals surface area contributed by atoms with Gasteiger partial charge in [0.05, 0.1) is 0 Å². The highest BCUT2D eigenvalue weighted by Crippen LogP contribution is 2.16. The van der Waals surface area contributed by atoms with Gasteiger partial charge in [-0.3, -0.25) is 4.90 Å². The van der Waals surface area contributed by atoms with Gasteiger partial charge in [-0.1, -0.05) is 37.6 Å². The van der Waals surface area contributed by atoms with Crippen LogP contribution in [0.15, 0.2) is 24.3 Å². The quantitative estimate of drug-likeness (QED) is 0.729. The lowest BCUT2D eigenvalue weighted by Gasteiger charge is -2.27. The van der Waals surface area contributed by atoms with Gasteiger partial charge in [0, 0.05) is 6.54 Å². The molecule has 0 saturated carbocycles. The van der Waals surface area contributed by atoms with Crippen molar-refractivity contribution >= 4 is 0 Å². The summed E-state index contributed by atoms with van der Waals surface area (Å²) >= 11 is 0. The van der Waals surface area contributed by atoms with Crippen molar-refractivity contribution in [3.63, 3.8) is 0 Å². The fourth-order valence-electron chi connectivity index (χ4n) is 2.42. The minimum atomic E-state index is 1.16. The molecule has 1 aromatic carbocycles. The van der Waals surface area contributed by atoms with E-state index in [1.807, 2.05) is 0 Å². The minimum Gasteiger partial charge on any atom is -0.299 e. The zero-order chi connectivity index (χ0) is 10.5. The molecule has 1 fully saturated rings. The van der Waals surface area contributed by atoms with Crippen molar-refractivity contribution in [1.29, 1.82) is 0 Å². The molecule has 0 radical (unpaired) electrons. The van der Waals surface area contributed by atoms with Crippen molar-refractivity contribution < 1.29 is 0 Å². The molecule has 1 heteroatoms. The first-order chi connectivity index (χ1) is 7.40. The van der Waals surface area contributed by atoms with Gasteiger partial charge in [0.15, 0.2) is 0 Å². The Labute approximate surface area is 93.1 Å². The highest BCUT2D eigenvalue weighted by molar-refractivity contribution is 5.26. The molecule has 0 spiro atoms. The number of nitrogens with zero attached hydrogens (tertiary/aromatic N) is 1. The van der Waals surface area contributed by atoms with Gasteiger partial charge >= 0.3 is 0 Å². The molecule has 82 valence electrons. The van der Waals surface area contributed by atoms with Crippen LogP contribution in [-0.2, 0) is 13.0 Å². The molecule has 0 N–H and O–H groups in total. The first-order valence-corrected chi connectivity index (χ1v) is 6.19. The van der Waals surface area contributed by atoms with Crippen molar-refractivity contribution in [2.45, 2.75) is 39.2 Å². The van der Waals surface area contributed by atoms with Crippen molar-refractivity contribution in [2.24, 2.45) is 0 Å². The largest absolute Gasteiger partial charge is 0.299 e. The lowest BCUT2D eigenvalue weighted by Crippen LogP contribution is -2.29. The molecular weight excluding hydrogens is 182 g/mol. The number of aryl methyl sites for hydroxylation is 1. The van der Waals surface area contributed by atoms with Crippen LogP contribution in [0.3, 0.4) is 0 Å². The second-order valence-electron chi connectivity index (χ2n) is 4.46. The Balaban J connectivity index is 2.02. The topological polar surface area (TPSA) is 3.24 Å². The van der Waals surface area contributed by atoms with Crippen LogP contribution in [0.2, 0.25) is 0 Å². The van der Waals surface area contributed by atoms with Crippen LogP contribution in [0.4, 0.5) is 0 Å². The lowest BCUT2D eigenvalue weighted by atomic mass is 10.0. The number of piperidine rings is 1. The average Bonchev–Trinajstić information content (AvgIpc) is 2.31. The highest BCUT2D eigenvalue weighted by Gasteiger charge is 2.11. The summed E-state index contributed by atoms with van der Waals surface area (Å²) in [6.45, 7) is 5.98. The molecule has 2 rings (SSSR count). The predicted octanol–water partition coefficient (Wildman–Crippen LogP) is 3.23. The number of rotatable bonds is 3. The lowest BCUT2D eigenvalue weighted by molar-refractivity contribution is 0.220. The van der Waals surface area contributed by atoms with Gasteiger partial charge in [0.25, 0.3) is 0 Å². The maximum absolute atomic E-state index is 2.60. The molecule has 1 aliphatic heterocycles. The molecule has 1 aliphatic rings. The van der Waals surface area contributed by atoms with Crippen LogP contribution in [0.1, 0.15) is 37.3 Å². The number of likely N-dealkylation sites (tertiary alicyclic amines) is 1. The number of hydrogen-bond donors (Lipinski definition) is 0. The Morgan fingerprint density at radius 2 is 1.67 bits per heavy atom. The third kappa shape index (κ3) is 2.82. The van der Waals surface area contributed by atoms with Crippen molar-refractivity contribution in [2.75, 3.05) is 13.1 Å². The van der Waals surface area contributed by atoms with Gasteiger partial charge < -0.3 is 0 Å². The Morgan fingerprint density at radius 1 is 1.00 bits per heavy atom. The highest BCUT2D eigenvalue weighted by atomic mass is 15.1. The van der Waals surface area contributed by atoms with E-state index in [0.29, 0.717) is 0 Å². The van der Waals surface area contributed by atoms with E-state index in [0.717, 1.165) is 13.0 Å². The van der Waals surface area contributed by atoms with Crippen LogP contribution in [-0.4, -0.2) is 18.0 Å². The monoisotopic (exact) mass is 203 g/mol. The van der Waals surface area contributed by atoms with Gasteiger partial charge in [-0.15, -0.1) is 0 Å². The van der Waals surface area contributed by atoms with Crippen LogP contribution in [0.25, 0.3) is 0 Å².